The van der Waals surface area contributed by atoms with Crippen LogP contribution < -0.4 is 0 Å². The van der Waals surface area contributed by atoms with Crippen LogP contribution in [0, 0.1) is 11.8 Å². The van der Waals surface area contributed by atoms with Gasteiger partial charge in [0.05, 0.1) is 12.5 Å². The van der Waals surface area contributed by atoms with Gasteiger partial charge in [-0.1, -0.05) is 19.0 Å². The quantitative estimate of drug-likeness (QED) is 0.836. The predicted molar refractivity (Wildman–Crippen MR) is 59.2 cm³/mol. The third-order valence-corrected chi connectivity index (χ3v) is 3.19. The van der Waals surface area contributed by atoms with Gasteiger partial charge >= 0.3 is 5.97 Å². The summed E-state index contributed by atoms with van der Waals surface area (Å²) in [5, 5.41) is 12.9. The molecule has 1 fully saturated rings. The Morgan fingerprint density at radius 2 is 2.35 bits per heavy atom. The zero-order valence-corrected chi connectivity index (χ0v) is 10.1. The predicted octanol–water partition coefficient (Wildman–Crippen LogP) is 0.784. The van der Waals surface area contributed by atoms with Gasteiger partial charge < -0.3 is 9.63 Å². The summed E-state index contributed by atoms with van der Waals surface area (Å²) in [7, 11) is 0. The molecule has 1 aliphatic rings. The number of carboxylic acids is 1. The van der Waals surface area contributed by atoms with Gasteiger partial charge in [-0.3, -0.25) is 9.69 Å². The molecule has 1 aromatic heterocycles. The fourth-order valence-corrected chi connectivity index (χ4v) is 2.21. The molecular weight excluding hydrogens is 222 g/mol. The largest absolute Gasteiger partial charge is 0.481 e. The van der Waals surface area contributed by atoms with Crippen LogP contribution in [-0.4, -0.2) is 39.2 Å². The summed E-state index contributed by atoms with van der Waals surface area (Å²) in [6, 6.07) is 0. The highest BCUT2D eigenvalue weighted by Gasteiger charge is 2.35. The van der Waals surface area contributed by atoms with E-state index in [1.165, 1.54) is 0 Å². The van der Waals surface area contributed by atoms with Crippen molar-refractivity contribution in [2.45, 2.75) is 26.8 Å². The summed E-state index contributed by atoms with van der Waals surface area (Å²) in [6.45, 7) is 5.79. The van der Waals surface area contributed by atoms with Crippen molar-refractivity contribution in [2.75, 3.05) is 13.1 Å². The minimum atomic E-state index is -0.722. The Balaban J connectivity index is 1.95. The lowest BCUT2D eigenvalue weighted by Crippen LogP contribution is -2.23. The van der Waals surface area contributed by atoms with Crippen LogP contribution in [0.3, 0.4) is 0 Å². The van der Waals surface area contributed by atoms with Crippen molar-refractivity contribution < 1.29 is 14.4 Å². The van der Waals surface area contributed by atoms with E-state index >= 15 is 0 Å². The first-order chi connectivity index (χ1) is 8.10. The van der Waals surface area contributed by atoms with E-state index in [-0.39, 0.29) is 11.8 Å². The maximum absolute atomic E-state index is 11.0. The molecule has 6 nitrogen and oxygen atoms in total. The van der Waals surface area contributed by atoms with Crippen LogP contribution in [0.25, 0.3) is 0 Å². The Labute approximate surface area is 99.6 Å². The number of likely N-dealkylation sites (tertiary alicyclic amines) is 1. The van der Waals surface area contributed by atoms with Gasteiger partial charge in [0.2, 0.25) is 5.89 Å². The van der Waals surface area contributed by atoms with Crippen LogP contribution in [-0.2, 0) is 17.8 Å². The lowest BCUT2D eigenvalue weighted by atomic mass is 9.99. The first-order valence-electron chi connectivity index (χ1n) is 5.86. The molecule has 0 saturated carbocycles. The molecule has 0 aromatic carbocycles. The third-order valence-electron chi connectivity index (χ3n) is 3.19. The lowest BCUT2D eigenvalue weighted by molar-refractivity contribution is -0.142. The number of aliphatic carboxylic acids is 1. The molecular formula is C11H17N3O3. The van der Waals surface area contributed by atoms with E-state index in [0.29, 0.717) is 24.8 Å². The maximum Gasteiger partial charge on any atom is 0.308 e. The second-order valence-electron chi connectivity index (χ2n) is 4.57. The van der Waals surface area contributed by atoms with Crippen LogP contribution in [0.15, 0.2) is 4.52 Å². The van der Waals surface area contributed by atoms with Crippen LogP contribution in [0.4, 0.5) is 0 Å². The molecule has 6 heteroatoms. The fraction of sp³-hybridized carbons (Fsp3) is 0.727. The second-order valence-corrected chi connectivity index (χ2v) is 4.57. The molecule has 17 heavy (non-hydrogen) atoms. The second kappa shape index (κ2) is 4.83. The van der Waals surface area contributed by atoms with Gasteiger partial charge in [0, 0.05) is 19.5 Å². The minimum Gasteiger partial charge on any atom is -0.481 e. The molecule has 0 aliphatic carbocycles. The van der Waals surface area contributed by atoms with E-state index in [1.807, 2.05) is 13.8 Å². The zero-order valence-electron chi connectivity index (χ0n) is 10.1. The molecule has 1 saturated heterocycles. The van der Waals surface area contributed by atoms with Crippen molar-refractivity contribution in [3.63, 3.8) is 0 Å². The van der Waals surface area contributed by atoms with Crippen molar-refractivity contribution in [2.24, 2.45) is 11.8 Å². The molecule has 2 heterocycles. The summed E-state index contributed by atoms with van der Waals surface area (Å²) in [5.41, 5.74) is 0. The summed E-state index contributed by atoms with van der Waals surface area (Å²) in [6.07, 6.45) is 0.748. The Kier molecular flexibility index (Phi) is 3.42. The highest BCUT2D eigenvalue weighted by atomic mass is 16.5. The van der Waals surface area contributed by atoms with Crippen molar-refractivity contribution in [1.82, 2.24) is 15.0 Å². The van der Waals surface area contributed by atoms with Gasteiger partial charge in [-0.2, -0.15) is 4.98 Å². The number of nitrogens with zero attached hydrogens (tertiary/aromatic N) is 3. The van der Waals surface area contributed by atoms with Gasteiger partial charge in [0.15, 0.2) is 5.82 Å². The van der Waals surface area contributed by atoms with E-state index in [0.717, 1.165) is 13.0 Å². The first kappa shape index (κ1) is 12.0. The standard InChI is InChI=1S/C11H17N3O3/c1-3-9-12-10(17-13-9)6-14-4-7(2)8(5-14)11(15)16/h7-8H,3-6H2,1-2H3,(H,15,16). The molecule has 2 rings (SSSR count). The first-order valence-corrected chi connectivity index (χ1v) is 5.86. The number of aryl methyl sites for hydroxylation is 1. The number of hydrogen-bond acceptors (Lipinski definition) is 5. The van der Waals surface area contributed by atoms with E-state index < -0.39 is 5.97 Å². The van der Waals surface area contributed by atoms with Crippen LogP contribution in [0.5, 0.6) is 0 Å². The van der Waals surface area contributed by atoms with Gasteiger partial charge in [-0.25, -0.2) is 0 Å². The minimum absolute atomic E-state index is 0.168. The summed E-state index contributed by atoms with van der Waals surface area (Å²) in [5.74, 6) is 0.423. The fourth-order valence-electron chi connectivity index (χ4n) is 2.21. The SMILES string of the molecule is CCc1noc(CN2CC(C)C(C(=O)O)C2)n1. The molecule has 0 bridgehead atoms. The van der Waals surface area contributed by atoms with Gasteiger partial charge in [0.1, 0.15) is 0 Å². The molecule has 2 atom stereocenters. The van der Waals surface area contributed by atoms with Crippen molar-refractivity contribution in [3.8, 4) is 0 Å². The van der Waals surface area contributed by atoms with Gasteiger partial charge in [0.25, 0.3) is 0 Å². The van der Waals surface area contributed by atoms with Gasteiger partial charge in [-0.15, -0.1) is 0 Å². The highest BCUT2D eigenvalue weighted by molar-refractivity contribution is 5.71. The monoisotopic (exact) mass is 239 g/mol. The van der Waals surface area contributed by atoms with Crippen LogP contribution in [0.1, 0.15) is 25.6 Å². The normalized spacial score (nSPS) is 25.3. The van der Waals surface area contributed by atoms with Crippen LogP contribution >= 0.6 is 0 Å². The van der Waals surface area contributed by atoms with E-state index in [9.17, 15) is 4.79 Å². The van der Waals surface area contributed by atoms with Crippen molar-refractivity contribution in [3.05, 3.63) is 11.7 Å². The average molecular weight is 239 g/mol. The molecule has 0 radical (unpaired) electrons. The number of carbonyl (C=O) groups is 1. The van der Waals surface area contributed by atoms with E-state index in [2.05, 4.69) is 15.0 Å². The molecule has 2 unspecified atom stereocenters. The molecule has 94 valence electrons. The summed E-state index contributed by atoms with van der Waals surface area (Å²) in [4.78, 5) is 17.3. The molecule has 0 spiro atoms. The van der Waals surface area contributed by atoms with Gasteiger partial charge in [-0.05, 0) is 5.92 Å². The van der Waals surface area contributed by atoms with E-state index in [1.54, 1.807) is 0 Å². The Morgan fingerprint density at radius 3 is 2.88 bits per heavy atom. The molecule has 1 aromatic rings. The Morgan fingerprint density at radius 1 is 1.59 bits per heavy atom. The molecule has 1 N–H and O–H groups in total. The Hall–Kier alpha value is -1.43. The lowest BCUT2D eigenvalue weighted by Gasteiger charge is -2.11. The molecule has 1 aliphatic heterocycles. The maximum atomic E-state index is 11.0. The molecule has 0 amide bonds. The smallest absolute Gasteiger partial charge is 0.308 e. The summed E-state index contributed by atoms with van der Waals surface area (Å²) < 4.78 is 5.10. The number of hydrogen-bond donors (Lipinski definition) is 1. The van der Waals surface area contributed by atoms with Crippen molar-refractivity contribution >= 4 is 5.97 Å². The topological polar surface area (TPSA) is 79.5 Å². The number of aromatic nitrogens is 2. The Bertz CT molecular complexity index is 404. The highest BCUT2D eigenvalue weighted by Crippen LogP contribution is 2.24. The van der Waals surface area contributed by atoms with E-state index in [4.69, 9.17) is 9.63 Å². The average Bonchev–Trinajstić information content (AvgIpc) is 2.85. The third kappa shape index (κ3) is 2.63. The summed E-state index contributed by atoms with van der Waals surface area (Å²) >= 11 is 0. The zero-order chi connectivity index (χ0) is 12.4. The number of carboxylic acid groups (broad SMARTS) is 1. The van der Waals surface area contributed by atoms with Crippen molar-refractivity contribution in [1.29, 1.82) is 0 Å². The number of rotatable bonds is 4. The van der Waals surface area contributed by atoms with Crippen LogP contribution in [0.2, 0.25) is 0 Å².